The van der Waals surface area contributed by atoms with Crippen LogP contribution >= 0.6 is 15.9 Å². The van der Waals surface area contributed by atoms with Gasteiger partial charge in [-0.05, 0) is 42.5 Å². The Labute approximate surface area is 138 Å². The molecule has 0 fully saturated rings. The van der Waals surface area contributed by atoms with Gasteiger partial charge in [0.1, 0.15) is 11.5 Å². The molecule has 0 aromatic heterocycles. The second-order valence-electron chi connectivity index (χ2n) is 4.46. The van der Waals surface area contributed by atoms with Crippen LogP contribution in [0.1, 0.15) is 5.56 Å². The van der Waals surface area contributed by atoms with Crippen molar-refractivity contribution in [3.05, 3.63) is 52.5 Å². The van der Waals surface area contributed by atoms with Gasteiger partial charge >= 0.3 is 0 Å². The van der Waals surface area contributed by atoms with Gasteiger partial charge in [-0.3, -0.25) is 0 Å². The highest BCUT2D eigenvalue weighted by atomic mass is 79.9. The van der Waals surface area contributed by atoms with Crippen LogP contribution < -0.4 is 14.2 Å². The van der Waals surface area contributed by atoms with E-state index in [0.29, 0.717) is 17.1 Å². The molecule has 0 spiro atoms. The van der Waals surface area contributed by atoms with Gasteiger partial charge in [-0.15, -0.1) is 0 Å². The van der Waals surface area contributed by atoms with E-state index in [4.69, 9.17) is 9.47 Å². The average Bonchev–Trinajstić information content (AvgIpc) is 2.53. The van der Waals surface area contributed by atoms with Gasteiger partial charge in [-0.2, -0.15) is 0 Å². The quantitative estimate of drug-likeness (QED) is 0.829. The van der Waals surface area contributed by atoms with E-state index in [2.05, 4.69) is 20.7 Å². The lowest BCUT2D eigenvalue weighted by Crippen LogP contribution is -2.23. The highest BCUT2D eigenvalue weighted by Crippen LogP contribution is 2.24. The first-order valence-electron chi connectivity index (χ1n) is 6.42. The normalized spacial score (nSPS) is 11.2. The van der Waals surface area contributed by atoms with E-state index in [1.807, 2.05) is 0 Å². The van der Waals surface area contributed by atoms with Crippen LogP contribution in [0.2, 0.25) is 0 Å². The van der Waals surface area contributed by atoms with Gasteiger partial charge < -0.3 is 9.47 Å². The minimum atomic E-state index is -3.59. The Morgan fingerprint density at radius 2 is 1.73 bits per heavy atom. The van der Waals surface area contributed by atoms with E-state index in [1.165, 1.54) is 19.2 Å². The van der Waals surface area contributed by atoms with Crippen molar-refractivity contribution < 1.29 is 17.9 Å². The molecule has 1 N–H and O–H groups in total. The first kappa shape index (κ1) is 16.8. The van der Waals surface area contributed by atoms with Gasteiger partial charge in [0.15, 0.2) is 0 Å². The van der Waals surface area contributed by atoms with E-state index in [9.17, 15) is 8.42 Å². The summed E-state index contributed by atoms with van der Waals surface area (Å²) >= 11 is 3.28. The number of hydrogen-bond donors (Lipinski definition) is 1. The maximum Gasteiger partial charge on any atom is 0.240 e. The number of methoxy groups -OCH3 is 2. The molecule has 0 aliphatic rings. The van der Waals surface area contributed by atoms with Crippen LogP contribution in [0.15, 0.2) is 51.8 Å². The third-order valence-electron chi connectivity index (χ3n) is 3.06. The number of ether oxygens (including phenoxy) is 2. The monoisotopic (exact) mass is 385 g/mol. The molecule has 2 aromatic rings. The lowest BCUT2D eigenvalue weighted by atomic mass is 10.2. The molecule has 7 heteroatoms. The summed E-state index contributed by atoms with van der Waals surface area (Å²) in [5, 5.41) is 0. The van der Waals surface area contributed by atoms with E-state index in [-0.39, 0.29) is 11.4 Å². The van der Waals surface area contributed by atoms with Crippen LogP contribution in [0.4, 0.5) is 0 Å². The summed E-state index contributed by atoms with van der Waals surface area (Å²) in [7, 11) is -0.498. The molecule has 0 unspecified atom stereocenters. The maximum atomic E-state index is 12.3. The van der Waals surface area contributed by atoms with Crippen molar-refractivity contribution in [1.82, 2.24) is 4.72 Å². The number of benzene rings is 2. The lowest BCUT2D eigenvalue weighted by molar-refractivity contribution is 0.398. The predicted molar refractivity (Wildman–Crippen MR) is 87.7 cm³/mol. The predicted octanol–water partition coefficient (Wildman–Crippen LogP) is 2.94. The second kappa shape index (κ2) is 7.13. The van der Waals surface area contributed by atoms with Crippen LogP contribution in [0.5, 0.6) is 11.5 Å². The molecular formula is C15H16BrNO4S. The van der Waals surface area contributed by atoms with Crippen LogP contribution in [0.3, 0.4) is 0 Å². The molecule has 0 atom stereocenters. The Hall–Kier alpha value is -1.57. The first-order valence-corrected chi connectivity index (χ1v) is 8.70. The van der Waals surface area contributed by atoms with Crippen molar-refractivity contribution >= 4 is 26.0 Å². The first-order chi connectivity index (χ1) is 10.5. The number of hydrogen-bond acceptors (Lipinski definition) is 4. The molecule has 0 aliphatic carbocycles. The zero-order chi connectivity index (χ0) is 16.2. The molecular weight excluding hydrogens is 370 g/mol. The Bertz CT molecular complexity index is 745. The fourth-order valence-corrected chi connectivity index (χ4v) is 3.16. The van der Waals surface area contributed by atoms with Crippen LogP contribution in [-0.4, -0.2) is 22.6 Å². The zero-order valence-electron chi connectivity index (χ0n) is 12.2. The van der Waals surface area contributed by atoms with E-state index in [1.54, 1.807) is 37.4 Å². The Balaban J connectivity index is 2.20. The van der Waals surface area contributed by atoms with E-state index >= 15 is 0 Å². The van der Waals surface area contributed by atoms with E-state index < -0.39 is 10.0 Å². The largest absolute Gasteiger partial charge is 0.497 e. The molecule has 5 nitrogen and oxygen atoms in total. The third kappa shape index (κ3) is 4.00. The van der Waals surface area contributed by atoms with Gasteiger partial charge in [0.2, 0.25) is 10.0 Å². The summed E-state index contributed by atoms with van der Waals surface area (Å²) in [5.41, 5.74) is 0.697. The highest BCUT2D eigenvalue weighted by Gasteiger charge is 2.15. The second-order valence-corrected chi connectivity index (χ2v) is 7.14. The summed E-state index contributed by atoms with van der Waals surface area (Å²) in [5.74, 6) is 1.23. The summed E-state index contributed by atoms with van der Waals surface area (Å²) in [6.07, 6.45) is 0. The minimum Gasteiger partial charge on any atom is -0.497 e. The molecule has 2 aromatic carbocycles. The molecule has 0 saturated heterocycles. The fraction of sp³-hybridized carbons (Fsp3) is 0.200. The van der Waals surface area contributed by atoms with Crippen molar-refractivity contribution in [2.45, 2.75) is 11.4 Å². The molecule has 22 heavy (non-hydrogen) atoms. The standard InChI is InChI=1S/C15H16BrNO4S/c1-20-13-5-8-15(21-2)11(9-13)10-17-22(18,19)14-6-3-12(16)4-7-14/h3-9,17H,10H2,1-2H3. The van der Waals surface area contributed by atoms with Crippen molar-refractivity contribution in [3.8, 4) is 11.5 Å². The summed E-state index contributed by atoms with van der Waals surface area (Å²) in [6.45, 7) is 0.110. The topological polar surface area (TPSA) is 64.6 Å². The smallest absolute Gasteiger partial charge is 0.240 e. The molecule has 0 bridgehead atoms. The summed E-state index contributed by atoms with van der Waals surface area (Å²) in [4.78, 5) is 0.206. The number of rotatable bonds is 6. The van der Waals surface area contributed by atoms with Crippen LogP contribution in [0.25, 0.3) is 0 Å². The zero-order valence-corrected chi connectivity index (χ0v) is 14.6. The average molecular weight is 386 g/mol. The Morgan fingerprint density at radius 3 is 2.32 bits per heavy atom. The highest BCUT2D eigenvalue weighted by molar-refractivity contribution is 9.10. The number of sulfonamides is 1. The Kier molecular flexibility index (Phi) is 5.44. The molecule has 0 saturated carbocycles. The van der Waals surface area contributed by atoms with Crippen molar-refractivity contribution in [2.75, 3.05) is 14.2 Å². The van der Waals surface area contributed by atoms with Crippen molar-refractivity contribution in [1.29, 1.82) is 0 Å². The molecule has 118 valence electrons. The third-order valence-corrected chi connectivity index (χ3v) is 5.01. The van der Waals surface area contributed by atoms with Crippen LogP contribution in [0, 0.1) is 0 Å². The van der Waals surface area contributed by atoms with Gasteiger partial charge in [0.25, 0.3) is 0 Å². The van der Waals surface area contributed by atoms with Crippen molar-refractivity contribution in [3.63, 3.8) is 0 Å². The van der Waals surface area contributed by atoms with Crippen LogP contribution in [-0.2, 0) is 16.6 Å². The molecule has 0 heterocycles. The lowest BCUT2D eigenvalue weighted by Gasteiger charge is -2.12. The Morgan fingerprint density at radius 1 is 1.05 bits per heavy atom. The molecule has 0 aliphatic heterocycles. The van der Waals surface area contributed by atoms with Gasteiger partial charge in [-0.1, -0.05) is 15.9 Å². The van der Waals surface area contributed by atoms with Gasteiger partial charge in [-0.25, -0.2) is 13.1 Å². The molecule has 2 rings (SSSR count). The van der Waals surface area contributed by atoms with Crippen molar-refractivity contribution in [2.24, 2.45) is 0 Å². The number of halogens is 1. The minimum absolute atomic E-state index is 0.110. The molecule has 0 radical (unpaired) electrons. The molecule has 0 amide bonds. The maximum absolute atomic E-state index is 12.3. The van der Waals surface area contributed by atoms with Gasteiger partial charge in [0.05, 0.1) is 19.1 Å². The SMILES string of the molecule is COc1ccc(OC)c(CNS(=O)(=O)c2ccc(Br)cc2)c1. The summed E-state index contributed by atoms with van der Waals surface area (Å²) < 4.78 is 38.3. The fourth-order valence-electron chi connectivity index (χ4n) is 1.89. The van der Waals surface area contributed by atoms with E-state index in [0.717, 1.165) is 4.47 Å². The number of nitrogens with one attached hydrogen (secondary N) is 1. The van der Waals surface area contributed by atoms with Gasteiger partial charge in [0, 0.05) is 16.6 Å². The summed E-state index contributed by atoms with van der Waals surface area (Å²) in [6, 6.07) is 11.7.